The number of rotatable bonds is 7. The maximum atomic E-state index is 13.7. The Morgan fingerprint density at radius 1 is 1.03 bits per heavy atom. The quantitative estimate of drug-likeness (QED) is 0.445. The van der Waals surface area contributed by atoms with Crippen molar-refractivity contribution in [3.63, 3.8) is 0 Å². The average Bonchev–Trinajstić information content (AvgIpc) is 3.24. The summed E-state index contributed by atoms with van der Waals surface area (Å²) in [5.74, 6) is 0.549. The Morgan fingerprint density at radius 3 is 2.26 bits per heavy atom. The fourth-order valence-electron chi connectivity index (χ4n) is 3.52. The van der Waals surface area contributed by atoms with Crippen LogP contribution in [0, 0.1) is 12.7 Å². The summed E-state index contributed by atoms with van der Waals surface area (Å²) in [5.41, 5.74) is 0.843. The summed E-state index contributed by atoms with van der Waals surface area (Å²) in [6, 6.07) is 9.86. The summed E-state index contributed by atoms with van der Waals surface area (Å²) in [6.45, 7) is 1.64. The van der Waals surface area contributed by atoms with Gasteiger partial charge in [0.15, 0.2) is 11.5 Å². The SMILES string of the molecule is COc1cc(C(=O)N(Cc2nc3nc(C)cc(=O)n3[nH]2)c2ccc(F)cc2)cc(OC)c1OC. The third-order valence-corrected chi connectivity index (χ3v) is 5.11. The van der Waals surface area contributed by atoms with Crippen LogP contribution in [0.25, 0.3) is 5.78 Å². The molecular weight excluding hydrogens is 445 g/mol. The monoisotopic (exact) mass is 467 g/mol. The first-order valence-electron chi connectivity index (χ1n) is 10.2. The number of amides is 1. The first-order chi connectivity index (χ1) is 16.3. The maximum absolute atomic E-state index is 13.7. The van der Waals surface area contributed by atoms with E-state index in [4.69, 9.17) is 14.2 Å². The molecule has 0 unspecified atom stereocenters. The lowest BCUT2D eigenvalue weighted by molar-refractivity contribution is 0.0983. The van der Waals surface area contributed by atoms with Crippen LogP contribution in [0.2, 0.25) is 0 Å². The smallest absolute Gasteiger partial charge is 0.274 e. The lowest BCUT2D eigenvalue weighted by atomic mass is 10.1. The van der Waals surface area contributed by atoms with E-state index < -0.39 is 11.7 Å². The molecule has 0 saturated heterocycles. The molecule has 0 aliphatic heterocycles. The van der Waals surface area contributed by atoms with E-state index in [9.17, 15) is 14.0 Å². The molecule has 0 saturated carbocycles. The number of anilines is 1. The van der Waals surface area contributed by atoms with E-state index in [2.05, 4.69) is 15.1 Å². The summed E-state index contributed by atoms with van der Waals surface area (Å²) in [6.07, 6.45) is 0. The van der Waals surface area contributed by atoms with Gasteiger partial charge in [0.1, 0.15) is 11.6 Å². The fourth-order valence-corrected chi connectivity index (χ4v) is 3.52. The predicted molar refractivity (Wildman–Crippen MR) is 121 cm³/mol. The number of hydrogen-bond donors (Lipinski definition) is 1. The maximum Gasteiger partial charge on any atom is 0.274 e. The van der Waals surface area contributed by atoms with Crippen LogP contribution in [0.3, 0.4) is 0 Å². The Hall–Kier alpha value is -4.41. The third-order valence-electron chi connectivity index (χ3n) is 5.11. The molecule has 0 fully saturated rings. The summed E-state index contributed by atoms with van der Waals surface area (Å²) in [7, 11) is 4.36. The number of aromatic amines is 1. The van der Waals surface area contributed by atoms with E-state index in [1.54, 1.807) is 6.92 Å². The number of aryl methyl sites for hydroxylation is 1. The second-order valence-electron chi connectivity index (χ2n) is 7.32. The minimum absolute atomic E-state index is 0.0526. The van der Waals surface area contributed by atoms with Crippen molar-refractivity contribution in [3.05, 3.63) is 75.7 Å². The van der Waals surface area contributed by atoms with E-state index in [0.717, 1.165) is 0 Å². The second-order valence-corrected chi connectivity index (χ2v) is 7.32. The Balaban J connectivity index is 1.80. The Bertz CT molecular complexity index is 1390. The minimum Gasteiger partial charge on any atom is -0.493 e. The van der Waals surface area contributed by atoms with Crippen molar-refractivity contribution in [2.45, 2.75) is 13.5 Å². The summed E-state index contributed by atoms with van der Waals surface area (Å²) in [4.78, 5) is 35.9. The van der Waals surface area contributed by atoms with E-state index >= 15 is 0 Å². The number of ether oxygens (including phenoxy) is 3. The van der Waals surface area contributed by atoms with Crippen LogP contribution in [-0.2, 0) is 6.54 Å². The zero-order valence-corrected chi connectivity index (χ0v) is 19.0. The highest BCUT2D eigenvalue weighted by atomic mass is 19.1. The molecule has 176 valence electrons. The molecule has 34 heavy (non-hydrogen) atoms. The molecule has 1 amide bonds. The van der Waals surface area contributed by atoms with Crippen LogP contribution >= 0.6 is 0 Å². The highest BCUT2D eigenvalue weighted by molar-refractivity contribution is 6.06. The van der Waals surface area contributed by atoms with Crippen molar-refractivity contribution in [1.29, 1.82) is 0 Å². The van der Waals surface area contributed by atoms with Gasteiger partial charge >= 0.3 is 0 Å². The number of benzene rings is 2. The zero-order valence-electron chi connectivity index (χ0n) is 19.0. The molecule has 0 aliphatic carbocycles. The standard InChI is InChI=1S/C23H22FN5O5/c1-13-9-20(30)29-23(25-13)26-19(27-29)12-28(16-7-5-15(24)6-8-16)22(31)14-10-17(32-2)21(34-4)18(11-14)33-3/h5-11H,12H2,1-4H3,(H,25,26,27). The minimum atomic E-state index is -0.445. The number of carbonyl (C=O) groups excluding carboxylic acids is 1. The highest BCUT2D eigenvalue weighted by Gasteiger charge is 2.24. The van der Waals surface area contributed by atoms with Gasteiger partial charge < -0.3 is 19.1 Å². The van der Waals surface area contributed by atoms with Crippen molar-refractivity contribution >= 4 is 17.4 Å². The van der Waals surface area contributed by atoms with Gasteiger partial charge in [-0.2, -0.15) is 9.50 Å². The zero-order chi connectivity index (χ0) is 24.4. The van der Waals surface area contributed by atoms with Crippen molar-refractivity contribution in [2.24, 2.45) is 0 Å². The van der Waals surface area contributed by atoms with Crippen LogP contribution in [0.15, 0.2) is 47.3 Å². The van der Waals surface area contributed by atoms with E-state index in [1.165, 1.54) is 73.2 Å². The largest absolute Gasteiger partial charge is 0.493 e. The number of hydrogen-bond acceptors (Lipinski definition) is 7. The summed E-state index contributed by atoms with van der Waals surface area (Å²) in [5, 5.41) is 2.87. The van der Waals surface area contributed by atoms with Gasteiger partial charge in [-0.1, -0.05) is 0 Å². The van der Waals surface area contributed by atoms with Crippen LogP contribution in [0.5, 0.6) is 17.2 Å². The van der Waals surface area contributed by atoms with Crippen LogP contribution < -0.4 is 24.7 Å². The first kappa shape index (κ1) is 22.8. The number of nitrogens with zero attached hydrogens (tertiary/aromatic N) is 4. The Morgan fingerprint density at radius 2 is 1.68 bits per heavy atom. The highest BCUT2D eigenvalue weighted by Crippen LogP contribution is 2.38. The topological polar surface area (TPSA) is 111 Å². The van der Waals surface area contributed by atoms with Crippen molar-refractivity contribution in [3.8, 4) is 17.2 Å². The van der Waals surface area contributed by atoms with Crippen molar-refractivity contribution in [2.75, 3.05) is 26.2 Å². The van der Waals surface area contributed by atoms with E-state index in [1.807, 2.05) is 0 Å². The van der Waals surface area contributed by atoms with Crippen LogP contribution in [0.4, 0.5) is 10.1 Å². The molecule has 0 bridgehead atoms. The first-order valence-corrected chi connectivity index (χ1v) is 10.2. The lowest BCUT2D eigenvalue weighted by Gasteiger charge is -2.23. The van der Waals surface area contributed by atoms with Crippen molar-refractivity contribution in [1.82, 2.24) is 19.6 Å². The molecule has 1 N–H and O–H groups in total. The molecule has 2 aromatic heterocycles. The fraction of sp³-hybridized carbons (Fsp3) is 0.217. The molecule has 0 aliphatic rings. The van der Waals surface area contributed by atoms with Crippen molar-refractivity contribution < 1.29 is 23.4 Å². The number of nitrogens with one attached hydrogen (secondary N) is 1. The van der Waals surface area contributed by atoms with Gasteiger partial charge in [-0.05, 0) is 43.3 Å². The van der Waals surface area contributed by atoms with Gasteiger partial charge in [0, 0.05) is 23.0 Å². The molecule has 10 nitrogen and oxygen atoms in total. The van der Waals surface area contributed by atoms with E-state index in [-0.39, 0.29) is 23.4 Å². The molecule has 2 heterocycles. The van der Waals surface area contributed by atoms with Gasteiger partial charge in [-0.3, -0.25) is 14.7 Å². The Labute approximate surface area is 193 Å². The number of carbonyl (C=O) groups is 1. The predicted octanol–water partition coefficient (Wildman–Crippen LogP) is 2.74. The van der Waals surface area contributed by atoms with E-state index in [0.29, 0.717) is 34.5 Å². The van der Waals surface area contributed by atoms with Gasteiger partial charge in [-0.15, -0.1) is 0 Å². The molecule has 0 atom stereocenters. The average molecular weight is 467 g/mol. The number of aromatic nitrogens is 4. The molecular formula is C23H22FN5O5. The second kappa shape index (κ2) is 9.22. The van der Waals surface area contributed by atoms with Gasteiger partial charge in [0.2, 0.25) is 5.75 Å². The molecule has 4 aromatic rings. The molecule has 0 radical (unpaired) electrons. The van der Waals surface area contributed by atoms with Crippen LogP contribution in [0.1, 0.15) is 21.9 Å². The van der Waals surface area contributed by atoms with Crippen LogP contribution in [-0.4, -0.2) is 46.8 Å². The van der Waals surface area contributed by atoms with Gasteiger partial charge in [0.05, 0.1) is 27.9 Å². The summed E-state index contributed by atoms with van der Waals surface area (Å²) < 4.78 is 30.8. The van der Waals surface area contributed by atoms with Gasteiger partial charge in [-0.25, -0.2) is 9.37 Å². The number of fused-ring (bicyclic) bond motifs is 1. The number of halogens is 1. The molecule has 0 spiro atoms. The number of H-pyrrole nitrogens is 1. The summed E-state index contributed by atoms with van der Waals surface area (Å²) >= 11 is 0. The van der Waals surface area contributed by atoms with Gasteiger partial charge in [0.25, 0.3) is 17.2 Å². The molecule has 4 rings (SSSR count). The normalized spacial score (nSPS) is 10.9. The molecule has 2 aromatic carbocycles. The third kappa shape index (κ3) is 4.27. The Kier molecular flexibility index (Phi) is 6.17. The molecule has 11 heteroatoms. The lowest BCUT2D eigenvalue weighted by Crippen LogP contribution is -2.31. The number of methoxy groups -OCH3 is 3.